The third-order valence-corrected chi connectivity index (χ3v) is 8.66. The van der Waals surface area contributed by atoms with Gasteiger partial charge in [-0.1, -0.05) is 37.3 Å². The van der Waals surface area contributed by atoms with Crippen LogP contribution in [0.25, 0.3) is 0 Å². The molecule has 1 atom stereocenters. The number of aromatic nitrogens is 1. The average molecular weight is 492 g/mol. The Kier molecular flexibility index (Phi) is 6.64. The summed E-state index contributed by atoms with van der Waals surface area (Å²) in [5.74, 6) is 0.0676. The second-order valence-electron chi connectivity index (χ2n) is 9.37. The highest BCUT2D eigenvalue weighted by molar-refractivity contribution is 7.91. The summed E-state index contributed by atoms with van der Waals surface area (Å²) in [6.45, 7) is 5.27. The molecule has 0 radical (unpaired) electrons. The average Bonchev–Trinajstić information content (AvgIpc) is 2.83. The third kappa shape index (κ3) is 4.78. The van der Waals surface area contributed by atoms with Gasteiger partial charge in [0.2, 0.25) is 0 Å². The highest BCUT2D eigenvalue weighted by Gasteiger charge is 2.42. The van der Waals surface area contributed by atoms with Crippen LogP contribution < -0.4 is 0 Å². The van der Waals surface area contributed by atoms with Gasteiger partial charge in [0.05, 0.1) is 21.8 Å². The number of Topliss-reactive ketones (excluding diaryl/α,β-unsaturated/α-hetero) is 2. The second-order valence-corrected chi connectivity index (χ2v) is 11.6. The molecule has 1 aromatic heterocycles. The number of ketones is 2. The molecule has 3 aromatic rings. The quantitative estimate of drug-likeness (QED) is 0.528. The fraction of sp³-hybridized carbons (Fsp3) is 0.321. The lowest BCUT2D eigenvalue weighted by atomic mass is 9.68. The van der Waals surface area contributed by atoms with Crippen LogP contribution in [0.1, 0.15) is 58.7 Å². The Hall–Kier alpha value is -3.32. The van der Waals surface area contributed by atoms with E-state index in [0.717, 1.165) is 11.1 Å². The van der Waals surface area contributed by atoms with Crippen LogP contribution in [-0.2, 0) is 39.3 Å². The van der Waals surface area contributed by atoms with E-state index in [1.54, 1.807) is 37.3 Å². The first-order valence-electron chi connectivity index (χ1n) is 11.7. The fourth-order valence-electron chi connectivity index (χ4n) is 4.66. The minimum atomic E-state index is -3.27. The predicted molar refractivity (Wildman–Crippen MR) is 134 cm³/mol. The Labute approximate surface area is 206 Å². The van der Waals surface area contributed by atoms with Crippen molar-refractivity contribution >= 4 is 21.4 Å². The van der Waals surface area contributed by atoms with Crippen molar-refractivity contribution in [2.75, 3.05) is 5.75 Å². The number of hydrogen-bond donors (Lipinski definition) is 1. The van der Waals surface area contributed by atoms with Crippen LogP contribution >= 0.6 is 0 Å². The first kappa shape index (κ1) is 24.8. The third-order valence-electron chi connectivity index (χ3n) is 6.91. The summed E-state index contributed by atoms with van der Waals surface area (Å²) in [6.07, 6.45) is 1.40. The lowest BCUT2D eigenvalue weighted by Crippen LogP contribution is -2.38. The van der Waals surface area contributed by atoms with Crippen molar-refractivity contribution < 1.29 is 23.1 Å². The summed E-state index contributed by atoms with van der Waals surface area (Å²) in [4.78, 5) is 31.0. The number of phenols is 1. The Bertz CT molecular complexity index is 1410. The fourth-order valence-corrected chi connectivity index (χ4v) is 5.54. The zero-order chi connectivity index (χ0) is 25.4. The highest BCUT2D eigenvalue weighted by Crippen LogP contribution is 2.42. The maximum atomic E-state index is 13.4. The maximum Gasteiger partial charge on any atom is 0.178 e. The minimum absolute atomic E-state index is 0.0308. The molecule has 182 valence electrons. The van der Waals surface area contributed by atoms with Crippen molar-refractivity contribution in [3.05, 3.63) is 88.2 Å². The number of sulfone groups is 1. The van der Waals surface area contributed by atoms with E-state index in [1.807, 2.05) is 26.0 Å². The van der Waals surface area contributed by atoms with E-state index in [0.29, 0.717) is 35.4 Å². The molecule has 35 heavy (non-hydrogen) atoms. The number of aryl methyl sites for hydroxylation is 2. The van der Waals surface area contributed by atoms with Gasteiger partial charge in [0.1, 0.15) is 11.5 Å². The number of para-hydroxylation sites is 1. The van der Waals surface area contributed by atoms with Crippen LogP contribution in [0.4, 0.5) is 0 Å². The second kappa shape index (κ2) is 9.38. The van der Waals surface area contributed by atoms with Crippen molar-refractivity contribution in [3.63, 3.8) is 0 Å². The summed E-state index contributed by atoms with van der Waals surface area (Å²) in [6, 6.07) is 15.3. The van der Waals surface area contributed by atoms with Gasteiger partial charge < -0.3 is 5.11 Å². The predicted octanol–water partition coefficient (Wildman–Crippen LogP) is 4.33. The van der Waals surface area contributed by atoms with Crippen LogP contribution in [0.15, 0.2) is 59.5 Å². The van der Waals surface area contributed by atoms with Crippen LogP contribution in [0.2, 0.25) is 0 Å². The molecule has 1 unspecified atom stereocenters. The van der Waals surface area contributed by atoms with Crippen molar-refractivity contribution in [1.29, 1.82) is 0 Å². The number of phenolic OH excluding ortho intramolecular Hbond substituents is 1. The Morgan fingerprint density at radius 1 is 1.06 bits per heavy atom. The number of hydrogen-bond acceptors (Lipinski definition) is 6. The highest BCUT2D eigenvalue weighted by atomic mass is 32.2. The molecule has 1 heterocycles. The number of carbonyl (C=O) groups is 2. The number of pyridine rings is 1. The number of nitrogens with zero attached hydrogens (tertiary/aromatic N) is 1. The van der Waals surface area contributed by atoms with Crippen LogP contribution in [0.3, 0.4) is 0 Å². The van der Waals surface area contributed by atoms with Crippen molar-refractivity contribution in [2.45, 2.75) is 56.8 Å². The molecule has 0 saturated heterocycles. The number of rotatable bonds is 7. The molecule has 0 saturated carbocycles. The summed E-state index contributed by atoms with van der Waals surface area (Å²) >= 11 is 0. The summed E-state index contributed by atoms with van der Waals surface area (Å²) in [5.41, 5.74) is 3.09. The number of carbonyl (C=O) groups excluding carboxylic acids is 2. The smallest absolute Gasteiger partial charge is 0.178 e. The van der Waals surface area contributed by atoms with Crippen molar-refractivity contribution in [3.8, 4) is 5.75 Å². The molecule has 1 aliphatic carbocycles. The molecule has 0 spiro atoms. The molecule has 1 aliphatic rings. The van der Waals surface area contributed by atoms with Gasteiger partial charge in [-0.05, 0) is 62.1 Å². The van der Waals surface area contributed by atoms with Gasteiger partial charge in [-0.15, -0.1) is 0 Å². The molecule has 1 N–H and O–H groups in total. The van der Waals surface area contributed by atoms with Gasteiger partial charge in [0.25, 0.3) is 0 Å². The number of benzene rings is 2. The molecule has 0 bridgehead atoms. The molecular weight excluding hydrogens is 462 g/mol. The van der Waals surface area contributed by atoms with Crippen molar-refractivity contribution in [2.24, 2.45) is 0 Å². The molecule has 0 aliphatic heterocycles. The Balaban J connectivity index is 1.49. The van der Waals surface area contributed by atoms with Crippen LogP contribution in [0, 0.1) is 6.92 Å². The minimum Gasteiger partial charge on any atom is -0.507 e. The van der Waals surface area contributed by atoms with E-state index < -0.39 is 15.3 Å². The van der Waals surface area contributed by atoms with E-state index in [2.05, 4.69) is 4.98 Å². The largest absolute Gasteiger partial charge is 0.507 e. The maximum absolute atomic E-state index is 13.4. The van der Waals surface area contributed by atoms with Gasteiger partial charge in [0.15, 0.2) is 15.6 Å². The summed E-state index contributed by atoms with van der Waals surface area (Å²) in [7, 11) is -3.27. The van der Waals surface area contributed by atoms with Gasteiger partial charge in [-0.25, -0.2) is 8.42 Å². The molecule has 0 fully saturated rings. The van der Waals surface area contributed by atoms with E-state index in [9.17, 15) is 23.1 Å². The Morgan fingerprint density at radius 3 is 2.46 bits per heavy atom. The van der Waals surface area contributed by atoms with E-state index in [-0.39, 0.29) is 40.8 Å². The number of fused-ring (bicyclic) bond motifs is 1. The summed E-state index contributed by atoms with van der Waals surface area (Å²) < 4.78 is 23.9. The molecule has 0 amide bonds. The van der Waals surface area contributed by atoms with E-state index in [4.69, 9.17) is 0 Å². The van der Waals surface area contributed by atoms with Gasteiger partial charge in [0, 0.05) is 29.7 Å². The normalized spacial score (nSPS) is 17.7. The Morgan fingerprint density at radius 2 is 1.77 bits per heavy atom. The van der Waals surface area contributed by atoms with Crippen molar-refractivity contribution in [1.82, 2.24) is 4.98 Å². The molecule has 6 nitrogen and oxygen atoms in total. The topological polar surface area (TPSA) is 101 Å². The van der Waals surface area contributed by atoms with Crippen LogP contribution in [-0.4, -0.2) is 35.8 Å². The monoisotopic (exact) mass is 491 g/mol. The summed E-state index contributed by atoms with van der Waals surface area (Å²) in [5, 5.41) is 10.6. The molecular formula is C28H29NO5S. The zero-order valence-electron chi connectivity index (χ0n) is 20.2. The first-order chi connectivity index (χ1) is 16.5. The van der Waals surface area contributed by atoms with Gasteiger partial charge >= 0.3 is 0 Å². The first-order valence-corrected chi connectivity index (χ1v) is 13.4. The SMILES string of the molecule is CCS(=O)(=O)c1ccc(CC(=O)Cc2ccc3c(n2)CCC(C)(c2cccc(C)c2O)C3=O)cc1. The van der Waals surface area contributed by atoms with Gasteiger partial charge in [-0.2, -0.15) is 0 Å². The molecule has 2 aromatic carbocycles. The standard InChI is InChI=1S/C28H29NO5S/c1-4-35(33,34)22-11-8-19(9-12-22)16-21(30)17-20-10-13-23-25(29-20)14-15-28(3,27(23)32)24-7-5-6-18(2)26(24)31/h5-13,31H,4,14-17H2,1-3H3. The molecule has 7 heteroatoms. The zero-order valence-corrected chi connectivity index (χ0v) is 21.0. The molecule has 4 rings (SSSR count). The van der Waals surface area contributed by atoms with E-state index in [1.165, 1.54) is 12.1 Å². The van der Waals surface area contributed by atoms with Gasteiger partial charge in [-0.3, -0.25) is 14.6 Å². The lowest BCUT2D eigenvalue weighted by molar-refractivity contribution is -0.117. The number of aromatic hydroxyl groups is 1. The van der Waals surface area contributed by atoms with Crippen LogP contribution in [0.5, 0.6) is 5.75 Å². The van der Waals surface area contributed by atoms with E-state index >= 15 is 0 Å². The lowest BCUT2D eigenvalue weighted by Gasteiger charge is -2.34.